The van der Waals surface area contributed by atoms with Gasteiger partial charge >= 0.3 is 0 Å². The number of aromatic nitrogens is 3. The molecule has 0 bridgehead atoms. The zero-order chi connectivity index (χ0) is 11.7. The van der Waals surface area contributed by atoms with Gasteiger partial charge in [0.2, 0.25) is 5.88 Å². The Morgan fingerprint density at radius 1 is 1.35 bits per heavy atom. The first kappa shape index (κ1) is 10.5. The van der Waals surface area contributed by atoms with Crippen molar-refractivity contribution in [3.05, 3.63) is 24.0 Å². The van der Waals surface area contributed by atoms with Crippen molar-refractivity contribution >= 4 is 5.65 Å². The molecule has 17 heavy (non-hydrogen) atoms. The third-order valence-electron chi connectivity index (χ3n) is 3.25. The highest BCUT2D eigenvalue weighted by Crippen LogP contribution is 2.23. The Kier molecular flexibility index (Phi) is 2.68. The molecule has 1 fully saturated rings. The molecule has 0 aromatic carbocycles. The smallest absolute Gasteiger partial charge is 0.216 e. The number of methoxy groups -OCH3 is 1. The summed E-state index contributed by atoms with van der Waals surface area (Å²) in [4.78, 5) is 4.59. The summed E-state index contributed by atoms with van der Waals surface area (Å²) >= 11 is 0. The largest absolute Gasteiger partial charge is 0.481 e. The number of ether oxygens (including phenoxy) is 1. The summed E-state index contributed by atoms with van der Waals surface area (Å²) in [6.07, 6.45) is 2.22. The maximum absolute atomic E-state index is 5.28. The van der Waals surface area contributed by atoms with Gasteiger partial charge in [-0.05, 0) is 32.0 Å². The van der Waals surface area contributed by atoms with Crippen LogP contribution < -0.4 is 10.1 Å². The van der Waals surface area contributed by atoms with Crippen molar-refractivity contribution in [1.82, 2.24) is 19.9 Å². The van der Waals surface area contributed by atoms with Gasteiger partial charge in [0, 0.05) is 12.0 Å². The molecule has 90 valence electrons. The van der Waals surface area contributed by atoms with E-state index < -0.39 is 0 Å². The summed E-state index contributed by atoms with van der Waals surface area (Å²) < 4.78 is 7.05. The van der Waals surface area contributed by atoms with E-state index >= 15 is 0 Å². The van der Waals surface area contributed by atoms with Crippen LogP contribution in [0.15, 0.2) is 18.2 Å². The van der Waals surface area contributed by atoms with Crippen molar-refractivity contribution in [3.63, 3.8) is 0 Å². The molecule has 0 aliphatic carbocycles. The summed E-state index contributed by atoms with van der Waals surface area (Å²) in [5, 5.41) is 7.91. The van der Waals surface area contributed by atoms with Gasteiger partial charge in [0.25, 0.3) is 0 Å². The average molecular weight is 232 g/mol. The van der Waals surface area contributed by atoms with Crippen molar-refractivity contribution in [2.45, 2.75) is 18.8 Å². The molecule has 3 rings (SSSR count). The molecule has 1 N–H and O–H groups in total. The zero-order valence-corrected chi connectivity index (χ0v) is 9.89. The minimum Gasteiger partial charge on any atom is -0.481 e. The molecule has 2 aromatic rings. The molecule has 0 unspecified atom stereocenters. The normalized spacial score (nSPS) is 17.5. The first-order valence-electron chi connectivity index (χ1n) is 5.99. The molecule has 1 aliphatic heterocycles. The first-order valence-corrected chi connectivity index (χ1v) is 5.99. The molecule has 3 heterocycles. The van der Waals surface area contributed by atoms with E-state index in [1.165, 1.54) is 0 Å². The van der Waals surface area contributed by atoms with Gasteiger partial charge in [-0.15, -0.1) is 5.10 Å². The van der Waals surface area contributed by atoms with E-state index in [0.29, 0.717) is 5.92 Å². The van der Waals surface area contributed by atoms with E-state index in [1.54, 1.807) is 11.6 Å². The number of piperidine rings is 1. The highest BCUT2D eigenvalue weighted by molar-refractivity contribution is 5.41. The van der Waals surface area contributed by atoms with E-state index in [2.05, 4.69) is 15.4 Å². The lowest BCUT2D eigenvalue weighted by Gasteiger charge is -2.19. The Balaban J connectivity index is 2.00. The zero-order valence-electron chi connectivity index (χ0n) is 9.89. The molecule has 1 saturated heterocycles. The Labute approximate surface area is 99.8 Å². The fraction of sp³-hybridized carbons (Fsp3) is 0.500. The molecule has 0 atom stereocenters. The van der Waals surface area contributed by atoms with Gasteiger partial charge in [-0.3, -0.25) is 0 Å². The molecule has 5 heteroatoms. The number of hydrogen-bond donors (Lipinski definition) is 1. The van der Waals surface area contributed by atoms with Crippen LogP contribution in [0.1, 0.15) is 24.6 Å². The Morgan fingerprint density at radius 3 is 2.94 bits per heavy atom. The number of nitrogens with one attached hydrogen (secondary N) is 1. The topological polar surface area (TPSA) is 51.5 Å². The molecule has 0 saturated carbocycles. The van der Waals surface area contributed by atoms with Gasteiger partial charge in [0.05, 0.1) is 7.11 Å². The lowest BCUT2D eigenvalue weighted by molar-refractivity contribution is 0.383. The van der Waals surface area contributed by atoms with Crippen LogP contribution in [-0.2, 0) is 0 Å². The van der Waals surface area contributed by atoms with Crippen molar-refractivity contribution in [2.24, 2.45) is 0 Å². The Bertz CT molecular complexity index is 516. The van der Waals surface area contributed by atoms with Gasteiger partial charge in [0.1, 0.15) is 0 Å². The fourth-order valence-corrected chi connectivity index (χ4v) is 2.31. The second kappa shape index (κ2) is 4.33. The van der Waals surface area contributed by atoms with Crippen LogP contribution in [0.4, 0.5) is 0 Å². The second-order valence-corrected chi connectivity index (χ2v) is 4.33. The maximum atomic E-state index is 5.28. The molecular formula is C12H16N4O. The lowest BCUT2D eigenvalue weighted by Crippen LogP contribution is -2.27. The van der Waals surface area contributed by atoms with E-state index in [4.69, 9.17) is 4.74 Å². The molecular weight excluding hydrogens is 216 g/mol. The molecule has 0 amide bonds. The van der Waals surface area contributed by atoms with Crippen LogP contribution in [0.2, 0.25) is 0 Å². The third kappa shape index (κ3) is 1.86. The minimum absolute atomic E-state index is 0.473. The summed E-state index contributed by atoms with van der Waals surface area (Å²) in [7, 11) is 1.65. The third-order valence-corrected chi connectivity index (χ3v) is 3.25. The molecule has 1 aliphatic rings. The van der Waals surface area contributed by atoms with Crippen molar-refractivity contribution < 1.29 is 4.74 Å². The average Bonchev–Trinajstić information content (AvgIpc) is 2.83. The standard InChI is InChI=1S/C12H16N4O/c1-17-11-4-2-3-10-14-12(15-16(10)11)9-5-7-13-8-6-9/h2-4,9,13H,5-8H2,1H3. The Morgan fingerprint density at radius 2 is 2.18 bits per heavy atom. The monoisotopic (exact) mass is 232 g/mol. The number of rotatable bonds is 2. The van der Waals surface area contributed by atoms with Gasteiger partial charge in [0.15, 0.2) is 11.5 Å². The van der Waals surface area contributed by atoms with E-state index in [-0.39, 0.29) is 0 Å². The molecule has 0 spiro atoms. The highest BCUT2D eigenvalue weighted by atomic mass is 16.5. The van der Waals surface area contributed by atoms with Crippen molar-refractivity contribution in [2.75, 3.05) is 20.2 Å². The minimum atomic E-state index is 0.473. The number of nitrogens with zero attached hydrogens (tertiary/aromatic N) is 3. The lowest BCUT2D eigenvalue weighted by atomic mass is 9.98. The number of hydrogen-bond acceptors (Lipinski definition) is 4. The quantitative estimate of drug-likeness (QED) is 0.845. The van der Waals surface area contributed by atoms with E-state index in [0.717, 1.165) is 43.3 Å². The molecule has 2 aromatic heterocycles. The van der Waals surface area contributed by atoms with Crippen LogP contribution in [0.25, 0.3) is 5.65 Å². The predicted octanol–water partition coefficient (Wildman–Crippen LogP) is 1.20. The van der Waals surface area contributed by atoms with Crippen molar-refractivity contribution in [3.8, 4) is 5.88 Å². The summed E-state index contributed by atoms with van der Waals surface area (Å²) in [6, 6.07) is 5.79. The number of pyridine rings is 1. The number of fused-ring (bicyclic) bond motifs is 1. The maximum Gasteiger partial charge on any atom is 0.216 e. The van der Waals surface area contributed by atoms with E-state index in [1.807, 2.05) is 18.2 Å². The van der Waals surface area contributed by atoms with Gasteiger partial charge in [-0.25, -0.2) is 4.98 Å². The van der Waals surface area contributed by atoms with Crippen LogP contribution >= 0.6 is 0 Å². The van der Waals surface area contributed by atoms with Gasteiger partial charge in [-0.2, -0.15) is 4.52 Å². The second-order valence-electron chi connectivity index (χ2n) is 4.33. The summed E-state index contributed by atoms with van der Waals surface area (Å²) in [5.41, 5.74) is 0.859. The van der Waals surface area contributed by atoms with Crippen LogP contribution in [-0.4, -0.2) is 34.8 Å². The highest BCUT2D eigenvalue weighted by Gasteiger charge is 2.20. The van der Waals surface area contributed by atoms with Gasteiger partial charge < -0.3 is 10.1 Å². The molecule has 0 radical (unpaired) electrons. The van der Waals surface area contributed by atoms with Crippen LogP contribution in [0.5, 0.6) is 5.88 Å². The van der Waals surface area contributed by atoms with Crippen LogP contribution in [0.3, 0.4) is 0 Å². The van der Waals surface area contributed by atoms with Gasteiger partial charge in [-0.1, -0.05) is 6.07 Å². The van der Waals surface area contributed by atoms with Crippen molar-refractivity contribution in [1.29, 1.82) is 0 Å². The SMILES string of the molecule is COc1cccc2nc(C3CCNCC3)nn12. The Hall–Kier alpha value is -1.62. The first-order chi connectivity index (χ1) is 8.38. The summed E-state index contributed by atoms with van der Waals surface area (Å²) in [5.74, 6) is 2.15. The fourth-order valence-electron chi connectivity index (χ4n) is 2.31. The van der Waals surface area contributed by atoms with Crippen LogP contribution in [0, 0.1) is 0 Å². The van der Waals surface area contributed by atoms with E-state index in [9.17, 15) is 0 Å². The predicted molar refractivity (Wildman–Crippen MR) is 64.4 cm³/mol. The molecule has 5 nitrogen and oxygen atoms in total. The summed E-state index contributed by atoms with van der Waals surface area (Å²) in [6.45, 7) is 2.11.